The Labute approximate surface area is 166 Å². The molecule has 0 atom stereocenters. The molecule has 0 spiro atoms. The lowest BCUT2D eigenvalue weighted by molar-refractivity contribution is 0.415. The number of hydrogen-bond acceptors (Lipinski definition) is 6. The first-order chi connectivity index (χ1) is 14.1. The van der Waals surface area contributed by atoms with E-state index in [-0.39, 0.29) is 11.6 Å². The summed E-state index contributed by atoms with van der Waals surface area (Å²) in [7, 11) is 1.59. The summed E-state index contributed by atoms with van der Waals surface area (Å²) in [6.45, 7) is 0. The molecule has 3 N–H and O–H groups in total. The second kappa shape index (κ2) is 6.73. The van der Waals surface area contributed by atoms with Gasteiger partial charge in [0.05, 0.1) is 18.1 Å². The van der Waals surface area contributed by atoms with E-state index in [1.807, 2.05) is 28.8 Å². The van der Waals surface area contributed by atoms with E-state index in [0.29, 0.717) is 23.3 Å². The van der Waals surface area contributed by atoms with Crippen LogP contribution in [0.25, 0.3) is 17.0 Å². The predicted octanol–water partition coefficient (Wildman–Crippen LogP) is 4.17. The number of nitrogens with one attached hydrogen (secondary N) is 1. The number of para-hydroxylation sites is 2. The van der Waals surface area contributed by atoms with Crippen molar-refractivity contribution in [3.05, 3.63) is 60.2 Å². The van der Waals surface area contributed by atoms with E-state index in [9.17, 15) is 4.39 Å². The fourth-order valence-electron chi connectivity index (χ4n) is 3.32. The van der Waals surface area contributed by atoms with Crippen LogP contribution in [0, 0.1) is 5.82 Å². The van der Waals surface area contributed by atoms with Crippen molar-refractivity contribution in [1.29, 1.82) is 0 Å². The third kappa shape index (κ3) is 3.12. The number of fused-ring (bicyclic) bond motifs is 1. The molecule has 7 nitrogen and oxygen atoms in total. The van der Waals surface area contributed by atoms with E-state index < -0.39 is 5.82 Å². The van der Waals surface area contributed by atoms with Crippen LogP contribution in [0.5, 0.6) is 5.75 Å². The van der Waals surface area contributed by atoms with Crippen LogP contribution in [0.2, 0.25) is 0 Å². The highest BCUT2D eigenvalue weighted by atomic mass is 19.1. The molecule has 0 amide bonds. The monoisotopic (exact) mass is 390 g/mol. The number of aromatic nitrogens is 4. The van der Waals surface area contributed by atoms with Gasteiger partial charge in [-0.15, -0.1) is 0 Å². The molecule has 8 heteroatoms. The summed E-state index contributed by atoms with van der Waals surface area (Å²) < 4.78 is 21.7. The maximum atomic E-state index is 14.7. The normalized spacial score (nSPS) is 13.6. The Bertz CT molecular complexity index is 1200. The van der Waals surface area contributed by atoms with Crippen molar-refractivity contribution in [1.82, 2.24) is 19.5 Å². The van der Waals surface area contributed by atoms with Gasteiger partial charge >= 0.3 is 0 Å². The minimum atomic E-state index is -0.693. The van der Waals surface area contributed by atoms with E-state index in [1.54, 1.807) is 31.4 Å². The largest absolute Gasteiger partial charge is 0.497 e. The molecule has 1 saturated carbocycles. The molecule has 1 aliphatic rings. The number of nitrogen functional groups attached to an aromatic ring is 1. The van der Waals surface area contributed by atoms with Gasteiger partial charge in [0.15, 0.2) is 11.6 Å². The number of rotatable bonds is 5. The van der Waals surface area contributed by atoms with E-state index in [1.165, 1.54) is 0 Å². The molecule has 29 heavy (non-hydrogen) atoms. The number of halogens is 1. The summed E-state index contributed by atoms with van der Waals surface area (Å²) in [5.74, 6) is 1.35. The molecule has 5 rings (SSSR count). The van der Waals surface area contributed by atoms with Crippen LogP contribution in [0.15, 0.2) is 48.5 Å². The first-order valence-electron chi connectivity index (χ1n) is 9.36. The molecule has 1 fully saturated rings. The van der Waals surface area contributed by atoms with Crippen molar-refractivity contribution in [3.63, 3.8) is 0 Å². The van der Waals surface area contributed by atoms with Gasteiger partial charge in [0.25, 0.3) is 0 Å². The highest BCUT2D eigenvalue weighted by Gasteiger charge is 2.31. The van der Waals surface area contributed by atoms with Crippen molar-refractivity contribution in [2.24, 2.45) is 0 Å². The Hall–Kier alpha value is -3.68. The third-order valence-corrected chi connectivity index (χ3v) is 4.95. The Morgan fingerprint density at radius 3 is 2.55 bits per heavy atom. The van der Waals surface area contributed by atoms with Gasteiger partial charge in [0.2, 0.25) is 11.8 Å². The molecule has 4 aromatic rings. The summed E-state index contributed by atoms with van der Waals surface area (Å²) in [5.41, 5.74) is 8.28. The van der Waals surface area contributed by atoms with Crippen molar-refractivity contribution in [2.45, 2.75) is 18.8 Å². The van der Waals surface area contributed by atoms with E-state index in [4.69, 9.17) is 15.5 Å². The van der Waals surface area contributed by atoms with Gasteiger partial charge in [-0.1, -0.05) is 12.1 Å². The molecule has 146 valence electrons. The highest BCUT2D eigenvalue weighted by molar-refractivity contribution is 5.78. The Morgan fingerprint density at radius 1 is 1.07 bits per heavy atom. The van der Waals surface area contributed by atoms with Crippen LogP contribution >= 0.6 is 0 Å². The lowest BCUT2D eigenvalue weighted by Gasteiger charge is -2.12. The Balaban J connectivity index is 1.62. The number of hydrogen-bond donors (Lipinski definition) is 2. The number of ether oxygens (including phenoxy) is 1. The zero-order chi connectivity index (χ0) is 20.0. The average molecular weight is 390 g/mol. The van der Waals surface area contributed by atoms with Gasteiger partial charge < -0.3 is 15.8 Å². The molecule has 0 bridgehead atoms. The standard InChI is InChI=1S/C21H19FN6O/c1-29-14-10-8-13(9-11-14)24-19-17(22)18(23)26-21(27-19)28-16-5-3-2-4-15(16)25-20(28)12-6-7-12/h2-5,8-12H,6-7H2,1H3,(H3,23,24,26,27). The third-order valence-electron chi connectivity index (χ3n) is 4.95. The van der Waals surface area contributed by atoms with Gasteiger partial charge in [-0.25, -0.2) is 4.98 Å². The van der Waals surface area contributed by atoms with E-state index in [2.05, 4.69) is 15.3 Å². The molecule has 2 aromatic carbocycles. The molecule has 1 aliphatic carbocycles. The summed E-state index contributed by atoms with van der Waals surface area (Å²) >= 11 is 0. The maximum Gasteiger partial charge on any atom is 0.239 e. The van der Waals surface area contributed by atoms with Crippen LogP contribution in [-0.4, -0.2) is 26.6 Å². The van der Waals surface area contributed by atoms with Crippen molar-refractivity contribution in [3.8, 4) is 11.7 Å². The van der Waals surface area contributed by atoms with E-state index in [0.717, 1.165) is 29.7 Å². The van der Waals surface area contributed by atoms with Gasteiger partial charge in [0.1, 0.15) is 11.6 Å². The second-order valence-electron chi connectivity index (χ2n) is 6.99. The number of nitrogens with two attached hydrogens (primary N) is 1. The zero-order valence-electron chi connectivity index (χ0n) is 15.8. The predicted molar refractivity (Wildman–Crippen MR) is 109 cm³/mol. The molecular weight excluding hydrogens is 371 g/mol. The van der Waals surface area contributed by atoms with Crippen LogP contribution in [0.1, 0.15) is 24.6 Å². The van der Waals surface area contributed by atoms with Gasteiger partial charge in [0, 0.05) is 11.6 Å². The number of benzene rings is 2. The Kier molecular flexibility index (Phi) is 4.04. The van der Waals surface area contributed by atoms with Crippen LogP contribution in [-0.2, 0) is 0 Å². The minimum Gasteiger partial charge on any atom is -0.497 e. The molecule has 0 saturated heterocycles. The number of anilines is 3. The summed E-state index contributed by atoms with van der Waals surface area (Å²) in [5, 5.41) is 2.98. The topological polar surface area (TPSA) is 90.9 Å². The SMILES string of the molecule is COc1ccc(Nc2nc(-n3c(C4CC4)nc4ccccc43)nc(N)c2F)cc1. The highest BCUT2D eigenvalue weighted by Crippen LogP contribution is 2.41. The quantitative estimate of drug-likeness (QED) is 0.532. The molecule has 0 radical (unpaired) electrons. The zero-order valence-corrected chi connectivity index (χ0v) is 15.8. The summed E-state index contributed by atoms with van der Waals surface area (Å²) in [6, 6.07) is 14.9. The molecule has 0 aliphatic heterocycles. The van der Waals surface area contributed by atoms with Crippen LogP contribution in [0.4, 0.5) is 21.7 Å². The number of nitrogens with zero attached hydrogens (tertiary/aromatic N) is 4. The fourth-order valence-corrected chi connectivity index (χ4v) is 3.32. The lowest BCUT2D eigenvalue weighted by Crippen LogP contribution is -2.11. The smallest absolute Gasteiger partial charge is 0.239 e. The summed E-state index contributed by atoms with van der Waals surface area (Å²) in [6.07, 6.45) is 2.13. The van der Waals surface area contributed by atoms with Crippen LogP contribution in [0.3, 0.4) is 0 Å². The van der Waals surface area contributed by atoms with Gasteiger partial charge in [-0.05, 0) is 49.2 Å². The molecule has 2 heterocycles. The second-order valence-corrected chi connectivity index (χ2v) is 6.99. The van der Waals surface area contributed by atoms with Crippen molar-refractivity contribution >= 4 is 28.4 Å². The van der Waals surface area contributed by atoms with Gasteiger partial charge in [-0.2, -0.15) is 14.4 Å². The average Bonchev–Trinajstić information content (AvgIpc) is 3.52. The molecule has 2 aromatic heterocycles. The fraction of sp³-hybridized carbons (Fsp3) is 0.190. The Morgan fingerprint density at radius 2 is 1.83 bits per heavy atom. The number of methoxy groups -OCH3 is 1. The van der Waals surface area contributed by atoms with Crippen LogP contribution < -0.4 is 15.8 Å². The van der Waals surface area contributed by atoms with Crippen molar-refractivity contribution < 1.29 is 9.13 Å². The minimum absolute atomic E-state index is 0.0113. The lowest BCUT2D eigenvalue weighted by atomic mass is 10.3. The number of imidazole rings is 1. The molecular formula is C21H19FN6O. The van der Waals surface area contributed by atoms with E-state index >= 15 is 0 Å². The summed E-state index contributed by atoms with van der Waals surface area (Å²) in [4.78, 5) is 13.4. The van der Waals surface area contributed by atoms with Gasteiger partial charge in [-0.3, -0.25) is 4.57 Å². The maximum absolute atomic E-state index is 14.7. The first kappa shape index (κ1) is 17.4. The van der Waals surface area contributed by atoms with Crippen molar-refractivity contribution in [2.75, 3.05) is 18.2 Å². The first-order valence-corrected chi connectivity index (χ1v) is 9.36. The molecule has 0 unspecified atom stereocenters.